The summed E-state index contributed by atoms with van der Waals surface area (Å²) in [7, 11) is 0. The molecule has 0 saturated heterocycles. The number of hydrogen-bond acceptors (Lipinski definition) is 12. The van der Waals surface area contributed by atoms with Crippen molar-refractivity contribution in [3.8, 4) is 5.75 Å². The molecule has 1 aromatic carbocycles. The standard InChI is InChI=1S/C36H50N6O10/c1-21-18-22(19-23-24(21)28(43)40-36(23)14-12-11-13-15-36)39-26-25(49-17-16-41(29(44)45)30(46)50-33(2,3)4)27(38-20-37-26)42(31(47)51-34(5,6)7)32(48)52-35(8,9)10/h18-20H,11-17H2,1-10H3,(H,40,43)(H,44,45)(H,37,38,39). The first-order chi connectivity index (χ1) is 24.0. The van der Waals surface area contributed by atoms with Crippen LogP contribution in [0.5, 0.6) is 5.75 Å². The predicted molar refractivity (Wildman–Crippen MR) is 190 cm³/mol. The quantitative estimate of drug-likeness (QED) is 0.239. The summed E-state index contributed by atoms with van der Waals surface area (Å²) in [6.45, 7) is 15.4. The summed E-state index contributed by atoms with van der Waals surface area (Å²) >= 11 is 0. The van der Waals surface area contributed by atoms with Gasteiger partial charge in [-0.05, 0) is 105 Å². The fourth-order valence-electron chi connectivity index (χ4n) is 6.00. The Morgan fingerprint density at radius 3 is 1.96 bits per heavy atom. The molecule has 1 aliphatic carbocycles. The normalized spacial score (nSPS) is 15.2. The van der Waals surface area contributed by atoms with E-state index in [-0.39, 0.29) is 23.3 Å². The number of hydrogen-bond donors (Lipinski definition) is 3. The lowest BCUT2D eigenvalue weighted by Gasteiger charge is -2.34. The number of amides is 5. The van der Waals surface area contributed by atoms with E-state index in [9.17, 15) is 29.1 Å². The highest BCUT2D eigenvalue weighted by Gasteiger charge is 2.44. The van der Waals surface area contributed by atoms with Crippen molar-refractivity contribution in [1.29, 1.82) is 0 Å². The van der Waals surface area contributed by atoms with Gasteiger partial charge >= 0.3 is 24.4 Å². The molecule has 1 aliphatic heterocycles. The first-order valence-corrected chi connectivity index (χ1v) is 17.2. The van der Waals surface area contributed by atoms with E-state index in [0.29, 0.717) is 21.1 Å². The predicted octanol–water partition coefficient (Wildman–Crippen LogP) is 7.40. The summed E-state index contributed by atoms with van der Waals surface area (Å²) in [6.07, 6.45) is 0.721. The van der Waals surface area contributed by atoms with Crippen molar-refractivity contribution in [2.75, 3.05) is 23.4 Å². The molecule has 1 aromatic heterocycles. The van der Waals surface area contributed by atoms with E-state index in [1.54, 1.807) is 68.4 Å². The SMILES string of the molecule is Cc1cc(Nc2ncnc(N(C(=O)OC(C)(C)C)C(=O)OC(C)(C)C)c2OCCN(C(=O)O)C(=O)OC(C)(C)C)cc2c1C(=O)NC21CCCCC1. The minimum absolute atomic E-state index is 0.0180. The van der Waals surface area contributed by atoms with Crippen LogP contribution in [0.25, 0.3) is 0 Å². The van der Waals surface area contributed by atoms with Gasteiger partial charge in [-0.2, -0.15) is 4.90 Å². The van der Waals surface area contributed by atoms with Crippen LogP contribution >= 0.6 is 0 Å². The molecule has 0 radical (unpaired) electrons. The number of carboxylic acid groups (broad SMARTS) is 1. The second-order valence-electron chi connectivity index (χ2n) is 15.9. The van der Waals surface area contributed by atoms with E-state index in [1.165, 1.54) is 0 Å². The molecule has 16 heteroatoms. The minimum Gasteiger partial charge on any atom is -0.484 e. The second-order valence-corrected chi connectivity index (χ2v) is 15.9. The summed E-state index contributed by atoms with van der Waals surface area (Å²) in [5.74, 6) is -0.782. The van der Waals surface area contributed by atoms with Gasteiger partial charge in [0.25, 0.3) is 5.91 Å². The minimum atomic E-state index is -1.58. The van der Waals surface area contributed by atoms with Gasteiger partial charge in [-0.3, -0.25) is 4.79 Å². The largest absolute Gasteiger partial charge is 0.484 e. The van der Waals surface area contributed by atoms with E-state index < -0.39 is 59.9 Å². The fourth-order valence-corrected chi connectivity index (χ4v) is 6.00. The number of benzene rings is 1. The molecule has 1 saturated carbocycles. The van der Waals surface area contributed by atoms with Gasteiger partial charge in [0.1, 0.15) is 29.7 Å². The van der Waals surface area contributed by atoms with E-state index in [4.69, 9.17) is 18.9 Å². The third kappa shape index (κ3) is 9.59. The Balaban J connectivity index is 1.81. The summed E-state index contributed by atoms with van der Waals surface area (Å²) in [5, 5.41) is 16.2. The highest BCUT2D eigenvalue weighted by molar-refractivity contribution is 6.10. The Hall–Kier alpha value is -5.15. The van der Waals surface area contributed by atoms with Crippen molar-refractivity contribution in [3.63, 3.8) is 0 Å². The van der Waals surface area contributed by atoms with E-state index in [2.05, 4.69) is 20.6 Å². The molecule has 2 heterocycles. The molecule has 3 N–H and O–H groups in total. The molecule has 2 aromatic rings. The molecule has 1 spiro atoms. The molecule has 52 heavy (non-hydrogen) atoms. The Morgan fingerprint density at radius 2 is 1.42 bits per heavy atom. The van der Waals surface area contributed by atoms with Gasteiger partial charge in [-0.15, -0.1) is 0 Å². The van der Waals surface area contributed by atoms with E-state index in [1.807, 2.05) is 13.0 Å². The Bertz CT molecular complexity index is 1690. The zero-order valence-corrected chi connectivity index (χ0v) is 31.6. The van der Waals surface area contributed by atoms with Crippen molar-refractivity contribution in [2.24, 2.45) is 0 Å². The van der Waals surface area contributed by atoms with Gasteiger partial charge in [0.15, 0.2) is 11.6 Å². The van der Waals surface area contributed by atoms with Gasteiger partial charge in [-0.1, -0.05) is 19.3 Å². The van der Waals surface area contributed by atoms with E-state index in [0.717, 1.165) is 49.6 Å². The number of aromatic nitrogens is 2. The second kappa shape index (κ2) is 14.8. The number of nitrogens with one attached hydrogen (secondary N) is 2. The van der Waals surface area contributed by atoms with Crippen LogP contribution in [0.3, 0.4) is 0 Å². The zero-order valence-electron chi connectivity index (χ0n) is 31.6. The lowest BCUT2D eigenvalue weighted by molar-refractivity contribution is 0.0248. The Kier molecular flexibility index (Phi) is 11.3. The lowest BCUT2D eigenvalue weighted by Crippen LogP contribution is -2.44. The molecular formula is C36H50N6O10. The van der Waals surface area contributed by atoms with Crippen LogP contribution in [0, 0.1) is 6.92 Å². The number of fused-ring (bicyclic) bond motifs is 2. The monoisotopic (exact) mass is 726 g/mol. The Morgan fingerprint density at radius 1 is 0.865 bits per heavy atom. The molecule has 284 valence electrons. The van der Waals surface area contributed by atoms with Gasteiger partial charge < -0.3 is 34.7 Å². The Labute approximate surface area is 303 Å². The van der Waals surface area contributed by atoms with Crippen LogP contribution in [0.2, 0.25) is 0 Å². The van der Waals surface area contributed by atoms with Crippen LogP contribution in [0.4, 0.5) is 36.5 Å². The number of imide groups is 2. The maximum Gasteiger partial charge on any atom is 0.425 e. The number of rotatable bonds is 7. The number of ether oxygens (including phenoxy) is 4. The van der Waals surface area contributed by atoms with Crippen LogP contribution < -0.4 is 20.3 Å². The maximum atomic E-state index is 13.7. The topological polar surface area (TPSA) is 199 Å². The lowest BCUT2D eigenvalue weighted by atomic mass is 9.77. The van der Waals surface area contributed by atoms with Gasteiger partial charge in [0.05, 0.1) is 12.1 Å². The van der Waals surface area contributed by atoms with Crippen LogP contribution in [0.1, 0.15) is 116 Å². The third-order valence-electron chi connectivity index (χ3n) is 7.96. The van der Waals surface area contributed by atoms with Crippen LogP contribution in [-0.2, 0) is 19.7 Å². The molecule has 1 fully saturated rings. The molecule has 4 rings (SSSR count). The highest BCUT2D eigenvalue weighted by Crippen LogP contribution is 2.45. The summed E-state index contributed by atoms with van der Waals surface area (Å²) in [6, 6.07) is 3.63. The summed E-state index contributed by atoms with van der Waals surface area (Å²) in [4.78, 5) is 74.8. The van der Waals surface area contributed by atoms with E-state index >= 15 is 0 Å². The van der Waals surface area contributed by atoms with Crippen molar-refractivity contribution >= 4 is 47.6 Å². The number of anilines is 3. The van der Waals surface area contributed by atoms with Crippen molar-refractivity contribution < 1.29 is 48.0 Å². The van der Waals surface area contributed by atoms with Crippen molar-refractivity contribution in [1.82, 2.24) is 20.2 Å². The van der Waals surface area contributed by atoms with Gasteiger partial charge in [-0.25, -0.2) is 34.0 Å². The number of nitrogens with zero attached hydrogens (tertiary/aromatic N) is 4. The molecule has 0 unspecified atom stereocenters. The van der Waals surface area contributed by atoms with Crippen molar-refractivity contribution in [3.05, 3.63) is 35.2 Å². The van der Waals surface area contributed by atoms with Crippen LogP contribution in [0.15, 0.2) is 18.5 Å². The first kappa shape index (κ1) is 39.6. The number of carbonyl (C=O) groups excluding carboxylic acids is 4. The number of aryl methyl sites for hydroxylation is 1. The molecule has 2 aliphatic rings. The smallest absolute Gasteiger partial charge is 0.425 e. The average Bonchev–Trinajstić information content (AvgIpc) is 3.24. The van der Waals surface area contributed by atoms with Crippen LogP contribution in [-0.4, -0.2) is 80.2 Å². The summed E-state index contributed by atoms with van der Waals surface area (Å²) < 4.78 is 22.4. The molecule has 0 atom stereocenters. The molecule has 5 amide bonds. The molecule has 16 nitrogen and oxygen atoms in total. The maximum absolute atomic E-state index is 13.7. The highest BCUT2D eigenvalue weighted by atomic mass is 16.6. The van der Waals surface area contributed by atoms with Gasteiger partial charge in [0, 0.05) is 11.3 Å². The summed E-state index contributed by atoms with van der Waals surface area (Å²) in [5.41, 5.74) is -0.845. The first-order valence-electron chi connectivity index (χ1n) is 17.2. The van der Waals surface area contributed by atoms with Crippen molar-refractivity contribution in [2.45, 2.75) is 124 Å². The molecule has 0 bridgehead atoms. The zero-order chi connectivity index (χ0) is 38.8. The third-order valence-corrected chi connectivity index (χ3v) is 7.96. The van der Waals surface area contributed by atoms with Gasteiger partial charge in [0.2, 0.25) is 5.75 Å². The molecular weight excluding hydrogens is 676 g/mol. The average molecular weight is 727 g/mol. The number of carbonyl (C=O) groups is 5. The fraction of sp³-hybridized carbons (Fsp3) is 0.583.